The van der Waals surface area contributed by atoms with Gasteiger partial charge in [-0.3, -0.25) is 0 Å². The third-order valence-corrected chi connectivity index (χ3v) is 5.10. The maximum atomic E-state index is 5.83. The van der Waals surface area contributed by atoms with Gasteiger partial charge in [0, 0.05) is 39.0 Å². The van der Waals surface area contributed by atoms with Crippen LogP contribution in [0.2, 0.25) is 0 Å². The zero-order valence-electron chi connectivity index (χ0n) is 18.2. The summed E-state index contributed by atoms with van der Waals surface area (Å²) in [6.45, 7) is 13.9. The average Bonchev–Trinajstić information content (AvgIpc) is 2.72. The largest absolute Gasteiger partial charge is 0.378 e. The molecule has 0 aromatic carbocycles. The summed E-state index contributed by atoms with van der Waals surface area (Å²) in [5.74, 6) is 2.46. The summed E-state index contributed by atoms with van der Waals surface area (Å²) >= 11 is 0. The molecule has 158 valence electrons. The van der Waals surface area contributed by atoms with E-state index in [1.54, 1.807) is 0 Å². The Morgan fingerprint density at radius 3 is 2.68 bits per heavy atom. The number of aliphatic imine (C=N–C) groups is 1. The zero-order chi connectivity index (χ0) is 20.2. The number of nitrogens with one attached hydrogen (secondary N) is 2. The molecule has 1 atom stereocenters. The first-order chi connectivity index (χ1) is 13.6. The Morgan fingerprint density at radius 2 is 2.00 bits per heavy atom. The molecule has 0 radical (unpaired) electrons. The van der Waals surface area contributed by atoms with Crippen molar-refractivity contribution in [1.29, 1.82) is 0 Å². The molecule has 1 aliphatic rings. The monoisotopic (exact) mass is 389 g/mol. The van der Waals surface area contributed by atoms with Crippen LogP contribution in [0.5, 0.6) is 0 Å². The standard InChI is InChI=1S/C22H39N5O/c1-5-23-22(25-13-11-20(18(3)4)28-6-2)26-17-19-10-12-24-21(16-19)27-14-8-7-9-15-27/h10,12,16,18,20H,5-9,11,13-15,17H2,1-4H3,(H2,23,25,26). The fourth-order valence-corrected chi connectivity index (χ4v) is 3.52. The van der Waals surface area contributed by atoms with E-state index >= 15 is 0 Å². The van der Waals surface area contributed by atoms with Crippen molar-refractivity contribution in [2.75, 3.05) is 37.7 Å². The van der Waals surface area contributed by atoms with Crippen molar-refractivity contribution in [3.8, 4) is 0 Å². The number of piperidine rings is 1. The third kappa shape index (κ3) is 7.66. The molecule has 1 aliphatic heterocycles. The molecule has 1 aromatic heterocycles. The summed E-state index contributed by atoms with van der Waals surface area (Å²) in [4.78, 5) is 11.7. The van der Waals surface area contributed by atoms with Gasteiger partial charge < -0.3 is 20.3 Å². The van der Waals surface area contributed by atoms with Gasteiger partial charge in [0.25, 0.3) is 0 Å². The third-order valence-electron chi connectivity index (χ3n) is 5.10. The summed E-state index contributed by atoms with van der Waals surface area (Å²) in [5.41, 5.74) is 1.20. The van der Waals surface area contributed by atoms with Crippen LogP contribution in [0.25, 0.3) is 0 Å². The van der Waals surface area contributed by atoms with Crippen LogP contribution in [0.3, 0.4) is 0 Å². The van der Waals surface area contributed by atoms with Gasteiger partial charge in [0.05, 0.1) is 12.6 Å². The number of anilines is 1. The number of hydrogen-bond donors (Lipinski definition) is 2. The van der Waals surface area contributed by atoms with E-state index in [0.717, 1.165) is 51.0 Å². The Kier molecular flexibility index (Phi) is 10.1. The van der Waals surface area contributed by atoms with E-state index in [0.29, 0.717) is 12.5 Å². The molecule has 0 amide bonds. The smallest absolute Gasteiger partial charge is 0.191 e. The number of nitrogens with zero attached hydrogens (tertiary/aromatic N) is 3. The number of ether oxygens (including phenoxy) is 1. The lowest BCUT2D eigenvalue weighted by Gasteiger charge is -2.27. The van der Waals surface area contributed by atoms with Crippen molar-refractivity contribution in [3.05, 3.63) is 23.9 Å². The molecule has 28 heavy (non-hydrogen) atoms. The van der Waals surface area contributed by atoms with Crippen LogP contribution >= 0.6 is 0 Å². The van der Waals surface area contributed by atoms with E-state index in [1.165, 1.54) is 24.8 Å². The SMILES string of the molecule is CCNC(=NCc1ccnc(N2CCCCC2)c1)NCCC(OCC)C(C)C. The average molecular weight is 390 g/mol. The molecule has 2 N–H and O–H groups in total. The van der Waals surface area contributed by atoms with E-state index in [2.05, 4.69) is 60.3 Å². The number of guanidine groups is 1. The van der Waals surface area contributed by atoms with Crippen LogP contribution in [0, 0.1) is 5.92 Å². The van der Waals surface area contributed by atoms with Gasteiger partial charge in [-0.05, 0) is 63.1 Å². The van der Waals surface area contributed by atoms with E-state index in [9.17, 15) is 0 Å². The summed E-state index contributed by atoms with van der Waals surface area (Å²) in [7, 11) is 0. The molecule has 0 spiro atoms. The highest BCUT2D eigenvalue weighted by atomic mass is 16.5. The molecular formula is C22H39N5O. The Labute approximate surface area is 171 Å². The lowest BCUT2D eigenvalue weighted by Crippen LogP contribution is -2.39. The Morgan fingerprint density at radius 1 is 1.21 bits per heavy atom. The van der Waals surface area contributed by atoms with Gasteiger partial charge >= 0.3 is 0 Å². The molecule has 2 rings (SSSR count). The Balaban J connectivity index is 1.90. The van der Waals surface area contributed by atoms with Gasteiger partial charge in [-0.25, -0.2) is 9.98 Å². The molecule has 0 saturated carbocycles. The molecule has 1 unspecified atom stereocenters. The molecule has 2 heterocycles. The molecule has 0 aliphatic carbocycles. The van der Waals surface area contributed by atoms with Crippen molar-refractivity contribution in [1.82, 2.24) is 15.6 Å². The van der Waals surface area contributed by atoms with Gasteiger partial charge in [0.2, 0.25) is 0 Å². The molecule has 1 aromatic rings. The highest BCUT2D eigenvalue weighted by Crippen LogP contribution is 2.18. The fraction of sp³-hybridized carbons (Fsp3) is 0.727. The first kappa shape index (κ1) is 22.5. The lowest BCUT2D eigenvalue weighted by molar-refractivity contribution is 0.0258. The van der Waals surface area contributed by atoms with Crippen molar-refractivity contribution < 1.29 is 4.74 Å². The minimum atomic E-state index is 0.285. The summed E-state index contributed by atoms with van der Waals surface area (Å²) in [6, 6.07) is 4.24. The highest BCUT2D eigenvalue weighted by Gasteiger charge is 2.14. The van der Waals surface area contributed by atoms with Crippen molar-refractivity contribution in [2.45, 2.75) is 66.0 Å². The molecule has 6 heteroatoms. The normalized spacial score (nSPS) is 16.3. The van der Waals surface area contributed by atoms with Crippen molar-refractivity contribution >= 4 is 11.8 Å². The minimum Gasteiger partial charge on any atom is -0.378 e. The van der Waals surface area contributed by atoms with Gasteiger partial charge in [0.1, 0.15) is 5.82 Å². The zero-order valence-corrected chi connectivity index (χ0v) is 18.2. The Hall–Kier alpha value is -1.82. The molecule has 1 fully saturated rings. The van der Waals surface area contributed by atoms with Crippen LogP contribution in [0.1, 0.15) is 58.9 Å². The molecule has 6 nitrogen and oxygen atoms in total. The first-order valence-corrected chi connectivity index (χ1v) is 11.0. The van der Waals surface area contributed by atoms with E-state index < -0.39 is 0 Å². The second kappa shape index (κ2) is 12.6. The Bertz CT molecular complexity index is 584. The quantitative estimate of drug-likeness (QED) is 0.473. The number of hydrogen-bond acceptors (Lipinski definition) is 4. The molecule has 0 bridgehead atoms. The summed E-state index contributed by atoms with van der Waals surface area (Å²) < 4.78 is 5.83. The fourth-order valence-electron chi connectivity index (χ4n) is 3.52. The van der Waals surface area contributed by atoms with Crippen molar-refractivity contribution in [2.24, 2.45) is 10.9 Å². The second-order valence-electron chi connectivity index (χ2n) is 7.72. The van der Waals surface area contributed by atoms with Crippen LogP contribution in [-0.4, -0.2) is 49.8 Å². The van der Waals surface area contributed by atoms with Crippen LogP contribution in [0.15, 0.2) is 23.3 Å². The van der Waals surface area contributed by atoms with Gasteiger partial charge in [-0.1, -0.05) is 13.8 Å². The second-order valence-corrected chi connectivity index (χ2v) is 7.72. The molecule has 1 saturated heterocycles. The van der Waals surface area contributed by atoms with Gasteiger partial charge in [0.15, 0.2) is 5.96 Å². The van der Waals surface area contributed by atoms with Crippen molar-refractivity contribution in [3.63, 3.8) is 0 Å². The maximum absolute atomic E-state index is 5.83. The maximum Gasteiger partial charge on any atom is 0.191 e. The lowest BCUT2D eigenvalue weighted by atomic mass is 10.0. The highest BCUT2D eigenvalue weighted by molar-refractivity contribution is 5.79. The minimum absolute atomic E-state index is 0.285. The van der Waals surface area contributed by atoms with Gasteiger partial charge in [-0.2, -0.15) is 0 Å². The van der Waals surface area contributed by atoms with E-state index in [-0.39, 0.29) is 6.10 Å². The first-order valence-electron chi connectivity index (χ1n) is 11.0. The van der Waals surface area contributed by atoms with Gasteiger partial charge in [-0.15, -0.1) is 0 Å². The summed E-state index contributed by atoms with van der Waals surface area (Å²) in [5, 5.41) is 6.78. The van der Waals surface area contributed by atoms with Crippen LogP contribution < -0.4 is 15.5 Å². The van der Waals surface area contributed by atoms with Crippen LogP contribution in [-0.2, 0) is 11.3 Å². The number of aromatic nitrogens is 1. The predicted molar refractivity (Wildman–Crippen MR) is 118 cm³/mol. The summed E-state index contributed by atoms with van der Waals surface area (Å²) in [6.07, 6.45) is 7.02. The molecular weight excluding hydrogens is 350 g/mol. The van der Waals surface area contributed by atoms with E-state index in [4.69, 9.17) is 9.73 Å². The predicted octanol–water partition coefficient (Wildman–Crippen LogP) is 3.58. The number of pyridine rings is 1. The topological polar surface area (TPSA) is 61.8 Å². The van der Waals surface area contributed by atoms with E-state index in [1.807, 2.05) is 6.20 Å². The number of rotatable bonds is 10. The van der Waals surface area contributed by atoms with Crippen LogP contribution in [0.4, 0.5) is 5.82 Å².